The van der Waals surface area contributed by atoms with Crippen molar-refractivity contribution >= 4 is 15.7 Å². The van der Waals surface area contributed by atoms with Crippen molar-refractivity contribution in [2.24, 2.45) is 0 Å². The highest BCUT2D eigenvalue weighted by Crippen LogP contribution is 2.29. The minimum absolute atomic E-state index is 0.334. The third-order valence-corrected chi connectivity index (χ3v) is 7.47. The average molecular weight is 401 g/mol. The van der Waals surface area contributed by atoms with Gasteiger partial charge in [-0.15, -0.1) is 0 Å². The number of aryl methyl sites for hydroxylation is 1. The summed E-state index contributed by atoms with van der Waals surface area (Å²) in [6, 6.07) is 13.8. The van der Waals surface area contributed by atoms with Gasteiger partial charge in [-0.3, -0.25) is 4.31 Å². The maximum Gasteiger partial charge on any atom is 0.264 e. The number of hydrogen-bond donors (Lipinski definition) is 1. The fraction of sp³-hybridized carbons (Fsp3) is 0.478. The number of nitrogens with one attached hydrogen (secondary N) is 1. The lowest BCUT2D eigenvalue weighted by Crippen LogP contribution is -2.35. The minimum Gasteiger partial charge on any atom is -0.314 e. The third-order valence-electron chi connectivity index (χ3n) is 5.67. The highest BCUT2D eigenvalue weighted by molar-refractivity contribution is 7.92. The van der Waals surface area contributed by atoms with Gasteiger partial charge in [0.1, 0.15) is 0 Å². The fourth-order valence-electron chi connectivity index (χ4n) is 3.78. The van der Waals surface area contributed by atoms with Crippen LogP contribution in [0.5, 0.6) is 0 Å². The van der Waals surface area contributed by atoms with Crippen LogP contribution < -0.4 is 9.62 Å². The molecule has 0 saturated carbocycles. The van der Waals surface area contributed by atoms with Crippen LogP contribution in [0.1, 0.15) is 56.2 Å². The predicted molar refractivity (Wildman–Crippen MR) is 117 cm³/mol. The molecule has 0 unspecified atom stereocenters. The molecule has 0 heterocycles. The summed E-state index contributed by atoms with van der Waals surface area (Å²) in [7, 11) is -1.92. The number of anilines is 1. The normalized spacial score (nSPS) is 16.8. The van der Waals surface area contributed by atoms with Crippen molar-refractivity contribution in [1.82, 2.24) is 5.32 Å². The number of fused-ring (bicyclic) bond motifs is 1. The van der Waals surface area contributed by atoms with E-state index in [9.17, 15) is 8.42 Å². The predicted octanol–water partition coefficient (Wildman–Crippen LogP) is 4.49. The van der Waals surface area contributed by atoms with Gasteiger partial charge in [0, 0.05) is 13.1 Å². The Morgan fingerprint density at radius 3 is 2.46 bits per heavy atom. The van der Waals surface area contributed by atoms with Crippen LogP contribution in [0.15, 0.2) is 47.4 Å². The monoisotopic (exact) mass is 400 g/mol. The van der Waals surface area contributed by atoms with Crippen molar-refractivity contribution < 1.29 is 8.42 Å². The molecule has 1 aliphatic carbocycles. The Labute approximate surface area is 170 Å². The second-order valence-corrected chi connectivity index (χ2v) is 10.0. The molecule has 0 spiro atoms. The molecule has 0 saturated heterocycles. The van der Waals surface area contributed by atoms with Gasteiger partial charge in [-0.25, -0.2) is 8.42 Å². The Morgan fingerprint density at radius 1 is 1.11 bits per heavy atom. The zero-order chi connectivity index (χ0) is 20.3. The fourth-order valence-corrected chi connectivity index (χ4v) is 4.97. The average Bonchev–Trinajstić information content (AvgIpc) is 2.71. The van der Waals surface area contributed by atoms with Crippen molar-refractivity contribution in [2.75, 3.05) is 17.9 Å². The van der Waals surface area contributed by atoms with Crippen LogP contribution in [0.3, 0.4) is 0 Å². The summed E-state index contributed by atoms with van der Waals surface area (Å²) in [5.74, 6) is 0.380. The van der Waals surface area contributed by atoms with Crippen LogP contribution in [0.2, 0.25) is 0 Å². The van der Waals surface area contributed by atoms with Gasteiger partial charge in [0.2, 0.25) is 0 Å². The van der Waals surface area contributed by atoms with Crippen LogP contribution in [0.25, 0.3) is 0 Å². The molecular formula is C23H32N2O2S. The van der Waals surface area contributed by atoms with Crippen LogP contribution in [0.4, 0.5) is 5.69 Å². The van der Waals surface area contributed by atoms with E-state index < -0.39 is 10.0 Å². The van der Waals surface area contributed by atoms with Crippen LogP contribution >= 0.6 is 0 Å². The number of benzene rings is 2. The molecule has 3 rings (SSSR count). The number of nitrogens with zero attached hydrogens (tertiary/aromatic N) is 1. The number of hydrogen-bond acceptors (Lipinski definition) is 3. The highest BCUT2D eigenvalue weighted by atomic mass is 32.2. The van der Waals surface area contributed by atoms with E-state index >= 15 is 0 Å². The summed E-state index contributed by atoms with van der Waals surface area (Å²) in [4.78, 5) is 0.334. The molecule has 5 heteroatoms. The summed E-state index contributed by atoms with van der Waals surface area (Å²) in [5.41, 5.74) is 4.47. The number of rotatable bonds is 7. The second-order valence-electron chi connectivity index (χ2n) is 8.04. The molecule has 0 aromatic heterocycles. The third kappa shape index (κ3) is 4.41. The van der Waals surface area contributed by atoms with Crippen molar-refractivity contribution in [2.45, 2.75) is 63.3 Å². The zero-order valence-corrected chi connectivity index (χ0v) is 18.2. The van der Waals surface area contributed by atoms with Gasteiger partial charge in [-0.2, -0.15) is 0 Å². The summed E-state index contributed by atoms with van der Waals surface area (Å²) < 4.78 is 27.5. The van der Waals surface area contributed by atoms with E-state index in [0.29, 0.717) is 16.9 Å². The first-order valence-corrected chi connectivity index (χ1v) is 11.7. The maximum absolute atomic E-state index is 13.1. The van der Waals surface area contributed by atoms with E-state index in [4.69, 9.17) is 0 Å². The Kier molecular flexibility index (Phi) is 6.46. The molecule has 0 radical (unpaired) electrons. The standard InChI is InChI=1S/C23H32N2O2S/c1-5-14-24-21-10-6-20-16-22(11-7-19(20)15-21)25(4)28(26,27)23-12-8-18(9-13-23)17(2)3/h7-9,11-13,16-17,21,24H,5-6,10,14-15H2,1-4H3/t21-/m0/s1. The largest absolute Gasteiger partial charge is 0.314 e. The molecule has 0 bridgehead atoms. The topological polar surface area (TPSA) is 49.4 Å². The Balaban J connectivity index is 1.80. The molecule has 0 fully saturated rings. The lowest BCUT2D eigenvalue weighted by molar-refractivity contribution is 0.459. The molecule has 1 atom stereocenters. The lowest BCUT2D eigenvalue weighted by Gasteiger charge is -2.27. The van der Waals surface area contributed by atoms with Crippen LogP contribution in [-0.2, 0) is 22.9 Å². The van der Waals surface area contributed by atoms with Gasteiger partial charge >= 0.3 is 0 Å². The molecule has 0 aliphatic heterocycles. The van der Waals surface area contributed by atoms with Crippen molar-refractivity contribution in [3.05, 3.63) is 59.2 Å². The first kappa shape index (κ1) is 20.9. The Hall–Kier alpha value is -1.85. The highest BCUT2D eigenvalue weighted by Gasteiger charge is 2.24. The first-order chi connectivity index (χ1) is 13.3. The van der Waals surface area contributed by atoms with Crippen LogP contribution in [-0.4, -0.2) is 28.1 Å². The maximum atomic E-state index is 13.1. The van der Waals surface area contributed by atoms with E-state index in [0.717, 1.165) is 43.5 Å². The van der Waals surface area contributed by atoms with E-state index in [1.165, 1.54) is 15.4 Å². The Morgan fingerprint density at radius 2 is 1.82 bits per heavy atom. The zero-order valence-electron chi connectivity index (χ0n) is 17.4. The summed E-state index contributed by atoms with van der Waals surface area (Å²) >= 11 is 0. The SMILES string of the molecule is CCCN[C@H]1CCc2cc(N(C)S(=O)(=O)c3ccc(C(C)C)cc3)ccc2C1. The summed E-state index contributed by atoms with van der Waals surface area (Å²) in [6.07, 6.45) is 4.25. The molecule has 0 amide bonds. The first-order valence-electron chi connectivity index (χ1n) is 10.3. The van der Waals surface area contributed by atoms with E-state index in [2.05, 4.69) is 32.2 Å². The van der Waals surface area contributed by atoms with Crippen LogP contribution in [0, 0.1) is 0 Å². The molecular weight excluding hydrogens is 368 g/mol. The second kappa shape index (κ2) is 8.66. The van der Waals surface area contributed by atoms with Gasteiger partial charge in [-0.1, -0.05) is 39.0 Å². The molecule has 4 nitrogen and oxygen atoms in total. The molecule has 152 valence electrons. The molecule has 2 aromatic carbocycles. The van der Waals surface area contributed by atoms with Gasteiger partial charge in [0.05, 0.1) is 10.6 Å². The lowest BCUT2D eigenvalue weighted by atomic mass is 9.88. The van der Waals surface area contributed by atoms with Crippen molar-refractivity contribution in [3.63, 3.8) is 0 Å². The van der Waals surface area contributed by atoms with E-state index in [-0.39, 0.29) is 0 Å². The van der Waals surface area contributed by atoms with Gasteiger partial charge < -0.3 is 5.32 Å². The smallest absolute Gasteiger partial charge is 0.264 e. The number of sulfonamides is 1. The van der Waals surface area contributed by atoms with E-state index in [1.54, 1.807) is 19.2 Å². The summed E-state index contributed by atoms with van der Waals surface area (Å²) in [5, 5.41) is 3.60. The Bertz CT molecular complexity index is 905. The minimum atomic E-state index is -3.56. The molecule has 28 heavy (non-hydrogen) atoms. The van der Waals surface area contributed by atoms with Crippen molar-refractivity contribution in [1.29, 1.82) is 0 Å². The molecule has 1 N–H and O–H groups in total. The van der Waals surface area contributed by atoms with Gasteiger partial charge in [0.25, 0.3) is 10.0 Å². The quantitative estimate of drug-likeness (QED) is 0.745. The van der Waals surface area contributed by atoms with Gasteiger partial charge in [0.15, 0.2) is 0 Å². The summed E-state index contributed by atoms with van der Waals surface area (Å²) in [6.45, 7) is 7.44. The van der Waals surface area contributed by atoms with Gasteiger partial charge in [-0.05, 0) is 79.1 Å². The molecule has 1 aliphatic rings. The molecule has 2 aromatic rings. The van der Waals surface area contributed by atoms with Crippen molar-refractivity contribution in [3.8, 4) is 0 Å². The van der Waals surface area contributed by atoms with E-state index in [1.807, 2.05) is 24.3 Å².